The minimum Gasteiger partial charge on any atom is -0.282 e. The molecule has 0 saturated carbocycles. The molecule has 0 aliphatic heterocycles. The summed E-state index contributed by atoms with van der Waals surface area (Å²) in [5, 5.41) is 16.5. The van der Waals surface area contributed by atoms with E-state index >= 15 is 0 Å². The molecule has 6 heteroatoms. The van der Waals surface area contributed by atoms with Crippen LogP contribution in [0, 0.1) is 18.3 Å². The van der Waals surface area contributed by atoms with Crippen LogP contribution in [0.3, 0.4) is 0 Å². The molecule has 0 aliphatic rings. The van der Waals surface area contributed by atoms with Crippen molar-refractivity contribution in [2.75, 3.05) is 0 Å². The van der Waals surface area contributed by atoms with Gasteiger partial charge in [0.2, 0.25) is 0 Å². The van der Waals surface area contributed by atoms with E-state index in [2.05, 4.69) is 61.1 Å². The second-order valence-corrected chi connectivity index (χ2v) is 9.44. The Bertz CT molecular complexity index is 1300. The number of thiophene rings is 1. The Balaban J connectivity index is 1.88. The van der Waals surface area contributed by atoms with Crippen LogP contribution in [0.1, 0.15) is 21.9 Å². The number of pyridine rings is 1. The van der Waals surface area contributed by atoms with E-state index in [1.165, 1.54) is 17.3 Å². The fourth-order valence-corrected chi connectivity index (χ4v) is 5.29. The van der Waals surface area contributed by atoms with Crippen molar-refractivity contribution in [3.05, 3.63) is 107 Å². The number of nitrogens with one attached hydrogen (secondary N) is 1. The van der Waals surface area contributed by atoms with E-state index in [0.717, 1.165) is 27.3 Å². The molecule has 1 N–H and O–H groups in total. The molecule has 2 heterocycles. The number of hydrogen-bond donors (Lipinski definition) is 1. The van der Waals surface area contributed by atoms with E-state index in [0.29, 0.717) is 16.3 Å². The van der Waals surface area contributed by atoms with Gasteiger partial charge in [-0.2, -0.15) is 10.4 Å². The van der Waals surface area contributed by atoms with Gasteiger partial charge in [0.25, 0.3) is 0 Å². The average Bonchev–Trinajstić information content (AvgIpc) is 3.38. The first-order valence-electron chi connectivity index (χ1n) is 10.3. The molecule has 0 amide bonds. The first-order chi connectivity index (χ1) is 16.1. The predicted octanol–water partition coefficient (Wildman–Crippen LogP) is 7.21. The highest BCUT2D eigenvalue weighted by atomic mass is 32.2. The second kappa shape index (κ2) is 10.3. The van der Waals surface area contributed by atoms with Crippen molar-refractivity contribution in [3.63, 3.8) is 0 Å². The number of nitrogens with zero attached hydrogens (tertiary/aromatic N) is 3. The van der Waals surface area contributed by atoms with Gasteiger partial charge >= 0.3 is 0 Å². The number of nitriles is 1. The summed E-state index contributed by atoms with van der Waals surface area (Å²) in [7, 11) is 0. The quantitative estimate of drug-likeness (QED) is 0.169. The van der Waals surface area contributed by atoms with Gasteiger partial charge in [0.05, 0.1) is 21.4 Å². The van der Waals surface area contributed by atoms with Crippen LogP contribution < -0.4 is 5.43 Å². The number of rotatable bonds is 8. The minimum absolute atomic E-state index is 0.208. The number of thioether (sulfide) groups is 1. The predicted molar refractivity (Wildman–Crippen MR) is 139 cm³/mol. The Hall–Kier alpha value is -3.66. The van der Waals surface area contributed by atoms with Crippen LogP contribution >= 0.6 is 23.1 Å². The number of aromatic nitrogens is 1. The van der Waals surface area contributed by atoms with Crippen molar-refractivity contribution >= 4 is 29.8 Å². The highest BCUT2D eigenvalue weighted by Gasteiger charge is 2.23. The fraction of sp³-hybridized carbons (Fsp3) is 0.0741. The maximum Gasteiger partial charge on any atom is 0.116 e. The van der Waals surface area contributed by atoms with Crippen LogP contribution in [0.15, 0.2) is 101 Å². The molecule has 1 atom stereocenters. The lowest BCUT2D eigenvalue weighted by molar-refractivity contribution is 0.845. The zero-order valence-electron chi connectivity index (χ0n) is 18.2. The maximum atomic E-state index is 10.2. The molecule has 0 fully saturated rings. The summed E-state index contributed by atoms with van der Waals surface area (Å²) < 4.78 is 0. The normalized spacial score (nSPS) is 11.4. The molecule has 0 aliphatic carbocycles. The molecule has 0 radical (unpaired) electrons. The molecule has 2 aromatic heterocycles. The van der Waals surface area contributed by atoms with Gasteiger partial charge in [-0.3, -0.25) is 5.43 Å². The molecule has 0 bridgehead atoms. The first kappa shape index (κ1) is 22.5. The molecular formula is C27H22N4S2. The second-order valence-electron chi connectivity index (χ2n) is 7.39. The Morgan fingerprint density at radius 1 is 1.12 bits per heavy atom. The van der Waals surface area contributed by atoms with Gasteiger partial charge in [0.15, 0.2) is 0 Å². The van der Waals surface area contributed by atoms with Gasteiger partial charge in [-0.25, -0.2) is 4.98 Å². The van der Waals surface area contributed by atoms with Gasteiger partial charge in [-0.05, 0) is 35.6 Å². The Morgan fingerprint density at radius 2 is 1.88 bits per heavy atom. The number of aryl methyl sites for hydroxylation is 1. The maximum absolute atomic E-state index is 10.2. The molecule has 0 spiro atoms. The number of hydrogen-bond acceptors (Lipinski definition) is 6. The summed E-state index contributed by atoms with van der Waals surface area (Å²) in [6.45, 7) is 9.74. The minimum atomic E-state index is -0.208. The van der Waals surface area contributed by atoms with E-state index in [1.807, 2.05) is 53.9 Å². The van der Waals surface area contributed by atoms with Crippen molar-refractivity contribution < 1.29 is 0 Å². The molecular weight excluding hydrogens is 444 g/mol. The molecule has 1 unspecified atom stereocenters. The molecule has 33 heavy (non-hydrogen) atoms. The van der Waals surface area contributed by atoms with Gasteiger partial charge in [-0.1, -0.05) is 84.6 Å². The van der Waals surface area contributed by atoms with Crippen molar-refractivity contribution in [1.29, 1.82) is 5.26 Å². The van der Waals surface area contributed by atoms with Crippen LogP contribution in [0.2, 0.25) is 0 Å². The number of hydrazone groups is 1. The van der Waals surface area contributed by atoms with E-state index in [4.69, 9.17) is 4.98 Å². The monoisotopic (exact) mass is 466 g/mol. The van der Waals surface area contributed by atoms with Crippen LogP contribution in [-0.4, -0.2) is 11.7 Å². The lowest BCUT2D eigenvalue weighted by Crippen LogP contribution is -2.11. The lowest BCUT2D eigenvalue weighted by Gasteiger charge is -2.20. The standard InChI is InChI=1S/C27H22N4S2/c1-18-11-13-20(14-12-18)22-16-24(25-10-7-15-32-25)30-27(23(22)17-28)33-26(19(2)31-29-3)21-8-5-4-6-9-21/h4-16,26,31H,2-3H2,1H3. The summed E-state index contributed by atoms with van der Waals surface area (Å²) >= 11 is 3.11. The van der Waals surface area contributed by atoms with Gasteiger partial charge in [0.1, 0.15) is 11.1 Å². The van der Waals surface area contributed by atoms with Crippen molar-refractivity contribution in [2.24, 2.45) is 5.10 Å². The number of benzene rings is 2. The third-order valence-electron chi connectivity index (χ3n) is 5.11. The zero-order valence-corrected chi connectivity index (χ0v) is 19.8. The SMILES string of the molecule is C=NNC(=C)C(Sc1nc(-c2cccs2)cc(-c2ccc(C)cc2)c1C#N)c1ccccc1. The summed E-state index contributed by atoms with van der Waals surface area (Å²) in [6, 6.07) is 26.7. The molecule has 4 rings (SSSR count). The van der Waals surface area contributed by atoms with Crippen molar-refractivity contribution in [2.45, 2.75) is 17.2 Å². The molecule has 4 aromatic rings. The van der Waals surface area contributed by atoms with Crippen LogP contribution in [0.25, 0.3) is 21.7 Å². The van der Waals surface area contributed by atoms with Gasteiger partial charge < -0.3 is 0 Å². The summed E-state index contributed by atoms with van der Waals surface area (Å²) in [4.78, 5) is 5.98. The topological polar surface area (TPSA) is 61.1 Å². The van der Waals surface area contributed by atoms with Crippen LogP contribution in [-0.2, 0) is 0 Å². The van der Waals surface area contributed by atoms with Crippen molar-refractivity contribution in [1.82, 2.24) is 10.4 Å². The van der Waals surface area contributed by atoms with E-state index in [1.54, 1.807) is 11.3 Å². The summed E-state index contributed by atoms with van der Waals surface area (Å²) in [6.07, 6.45) is 0. The summed E-state index contributed by atoms with van der Waals surface area (Å²) in [5.41, 5.74) is 9.00. The molecule has 0 saturated heterocycles. The Morgan fingerprint density at radius 3 is 2.52 bits per heavy atom. The molecule has 4 nitrogen and oxygen atoms in total. The lowest BCUT2D eigenvalue weighted by atomic mass is 10.00. The summed E-state index contributed by atoms with van der Waals surface area (Å²) in [5.74, 6) is 0. The fourth-order valence-electron chi connectivity index (χ4n) is 3.47. The van der Waals surface area contributed by atoms with E-state index in [-0.39, 0.29) is 5.25 Å². The average molecular weight is 467 g/mol. The van der Waals surface area contributed by atoms with Crippen LogP contribution in [0.4, 0.5) is 0 Å². The van der Waals surface area contributed by atoms with Crippen molar-refractivity contribution in [3.8, 4) is 27.8 Å². The molecule has 2 aromatic carbocycles. The third-order valence-corrected chi connectivity index (χ3v) is 7.31. The van der Waals surface area contributed by atoms with Gasteiger partial charge in [0, 0.05) is 18.0 Å². The first-order valence-corrected chi connectivity index (χ1v) is 12.0. The third kappa shape index (κ3) is 5.06. The Labute approximate surface area is 202 Å². The highest BCUT2D eigenvalue weighted by Crippen LogP contribution is 2.43. The smallest absolute Gasteiger partial charge is 0.116 e. The molecule has 162 valence electrons. The Kier molecular flexibility index (Phi) is 7.04. The van der Waals surface area contributed by atoms with E-state index in [9.17, 15) is 5.26 Å². The highest BCUT2D eigenvalue weighted by molar-refractivity contribution is 7.99. The zero-order chi connectivity index (χ0) is 23.2. The van der Waals surface area contributed by atoms with E-state index < -0.39 is 0 Å². The van der Waals surface area contributed by atoms with Gasteiger partial charge in [-0.15, -0.1) is 11.3 Å². The van der Waals surface area contributed by atoms with Crippen LogP contribution in [0.5, 0.6) is 0 Å². The largest absolute Gasteiger partial charge is 0.282 e.